The Morgan fingerprint density at radius 1 is 0.623 bits per heavy atom. The zero-order chi connectivity index (χ0) is 48.0. The molecule has 1 saturated heterocycles. The molecular formula is C63H68N3OPtSi-. The van der Waals surface area contributed by atoms with Gasteiger partial charge in [0.2, 0.25) is 0 Å². The van der Waals surface area contributed by atoms with Crippen LogP contribution in [0.25, 0.3) is 72.7 Å². The fourth-order valence-corrected chi connectivity index (χ4v) is 18.2. The van der Waals surface area contributed by atoms with Gasteiger partial charge in [-0.2, -0.15) is 0 Å². The van der Waals surface area contributed by atoms with Crippen molar-refractivity contribution >= 4 is 24.3 Å². The quantitative estimate of drug-likeness (QED) is 0.133. The molecule has 10 rings (SSSR count). The van der Waals surface area contributed by atoms with Crippen LogP contribution in [0.5, 0.6) is 5.75 Å². The van der Waals surface area contributed by atoms with Gasteiger partial charge in [-0.25, -0.2) is 4.98 Å². The number of phenols is 1. The first-order valence-electron chi connectivity index (χ1n) is 25.0. The summed E-state index contributed by atoms with van der Waals surface area (Å²) in [5, 5.41) is 14.3. The summed E-state index contributed by atoms with van der Waals surface area (Å²) in [6.07, 6.45) is 5.90. The number of hydrogen-bond donors (Lipinski definition) is 1. The molecule has 2 aliphatic rings. The monoisotopic (exact) mass is 1110 g/mol. The van der Waals surface area contributed by atoms with Gasteiger partial charge < -0.3 is 5.11 Å². The minimum absolute atomic E-state index is 0. The van der Waals surface area contributed by atoms with Gasteiger partial charge in [-0.3, -0.25) is 9.55 Å². The van der Waals surface area contributed by atoms with Gasteiger partial charge >= 0.3 is 0 Å². The molecule has 2 aliphatic heterocycles. The first kappa shape index (κ1) is 48.7. The third-order valence-electron chi connectivity index (χ3n) is 15.2. The van der Waals surface area contributed by atoms with Crippen molar-refractivity contribution in [1.29, 1.82) is 0 Å². The number of aromatic nitrogens is 3. The summed E-state index contributed by atoms with van der Waals surface area (Å²) in [6.45, 7) is 25.2. The maximum atomic E-state index is 12.7. The summed E-state index contributed by atoms with van der Waals surface area (Å²) in [7, 11) is -1.89. The molecular weight excluding hydrogens is 1040 g/mol. The van der Waals surface area contributed by atoms with Crippen molar-refractivity contribution in [2.45, 2.75) is 135 Å². The molecule has 69 heavy (non-hydrogen) atoms. The van der Waals surface area contributed by atoms with E-state index in [1.54, 1.807) is 5.19 Å². The molecule has 1 N–H and O–H groups in total. The molecule has 0 amide bonds. The molecule has 356 valence electrons. The fraction of sp³-hybridized carbons (Fsp3) is 0.333. The summed E-state index contributed by atoms with van der Waals surface area (Å²) in [6, 6.07) is 54.4. The van der Waals surface area contributed by atoms with E-state index < -0.39 is 8.07 Å². The van der Waals surface area contributed by atoms with Crippen LogP contribution in [0, 0.1) is 6.07 Å². The van der Waals surface area contributed by atoms with Crippen molar-refractivity contribution < 1.29 is 26.2 Å². The minimum Gasteiger partial charge on any atom is -0.507 e. The second kappa shape index (κ2) is 17.8. The molecule has 0 radical (unpaired) electrons. The number of nitrogens with zero attached hydrogens (tertiary/aromatic N) is 3. The third kappa shape index (κ3) is 8.82. The second-order valence-electron chi connectivity index (χ2n) is 23.8. The van der Waals surface area contributed by atoms with Gasteiger partial charge in [-0.15, -0.1) is 28.4 Å². The number of phenolic OH excluding ortho intramolecular Hbond substituents is 1. The van der Waals surface area contributed by atoms with Crippen LogP contribution in [-0.2, 0) is 42.7 Å². The second-order valence-corrected chi connectivity index (χ2v) is 28.2. The van der Waals surface area contributed by atoms with Crippen molar-refractivity contribution in [1.82, 2.24) is 14.5 Å². The van der Waals surface area contributed by atoms with Crippen LogP contribution in [0.3, 0.4) is 0 Å². The Bertz CT molecular complexity index is 3210. The number of benzene rings is 6. The number of rotatable bonds is 6. The van der Waals surface area contributed by atoms with E-state index in [2.05, 4.69) is 214 Å². The molecule has 6 heteroatoms. The van der Waals surface area contributed by atoms with E-state index in [-0.39, 0.29) is 48.5 Å². The van der Waals surface area contributed by atoms with E-state index in [9.17, 15) is 5.11 Å². The largest absolute Gasteiger partial charge is 0.507 e. The Morgan fingerprint density at radius 3 is 1.93 bits per heavy atom. The van der Waals surface area contributed by atoms with Crippen LogP contribution in [-0.4, -0.2) is 27.7 Å². The van der Waals surface area contributed by atoms with Crippen molar-refractivity contribution in [3.63, 3.8) is 0 Å². The number of aromatic hydroxyl groups is 1. The summed E-state index contributed by atoms with van der Waals surface area (Å²) < 4.78 is 2.35. The van der Waals surface area contributed by atoms with Crippen molar-refractivity contribution in [3.8, 4) is 67.5 Å². The molecule has 6 aromatic carbocycles. The maximum Gasteiger partial charge on any atom is 0.148 e. The van der Waals surface area contributed by atoms with Gasteiger partial charge in [-0.1, -0.05) is 216 Å². The van der Waals surface area contributed by atoms with Crippen LogP contribution in [0.4, 0.5) is 0 Å². The number of hydrogen-bond acceptors (Lipinski definition) is 3. The molecule has 1 spiro atoms. The Morgan fingerprint density at radius 2 is 1.28 bits per heavy atom. The van der Waals surface area contributed by atoms with Gasteiger partial charge in [0.05, 0.1) is 30.4 Å². The molecule has 8 aromatic rings. The predicted octanol–water partition coefficient (Wildman–Crippen LogP) is 16.3. The van der Waals surface area contributed by atoms with Crippen molar-refractivity contribution in [2.24, 2.45) is 0 Å². The van der Waals surface area contributed by atoms with Gasteiger partial charge in [0, 0.05) is 44.1 Å². The topological polar surface area (TPSA) is 50.9 Å². The smallest absolute Gasteiger partial charge is 0.148 e. The van der Waals surface area contributed by atoms with Crippen LogP contribution in [0.1, 0.15) is 118 Å². The van der Waals surface area contributed by atoms with Gasteiger partial charge in [0.1, 0.15) is 11.6 Å². The Kier molecular flexibility index (Phi) is 12.6. The average Bonchev–Trinajstić information content (AvgIpc) is 3.80. The molecule has 0 saturated carbocycles. The molecule has 0 atom stereocenters. The van der Waals surface area contributed by atoms with Crippen molar-refractivity contribution in [2.75, 3.05) is 0 Å². The van der Waals surface area contributed by atoms with E-state index in [1.165, 1.54) is 54.1 Å². The molecule has 4 nitrogen and oxygen atoms in total. The Hall–Kier alpha value is -5.35. The maximum absolute atomic E-state index is 12.7. The van der Waals surface area contributed by atoms with E-state index in [1.807, 2.05) is 6.20 Å². The first-order valence-corrected chi connectivity index (χ1v) is 27.6. The predicted molar refractivity (Wildman–Crippen MR) is 289 cm³/mol. The molecule has 4 heterocycles. The summed E-state index contributed by atoms with van der Waals surface area (Å²) >= 11 is 0. The van der Waals surface area contributed by atoms with Gasteiger partial charge in [0.25, 0.3) is 0 Å². The number of imidazole rings is 1. The van der Waals surface area contributed by atoms with Crippen LogP contribution >= 0.6 is 0 Å². The number of pyridine rings is 1. The zero-order valence-electron chi connectivity index (χ0n) is 42.5. The summed E-state index contributed by atoms with van der Waals surface area (Å²) in [5.74, 6) is 1.01. The fourth-order valence-electron chi connectivity index (χ4n) is 11.7. The van der Waals surface area contributed by atoms with E-state index in [4.69, 9.17) is 9.97 Å². The van der Waals surface area contributed by atoms with E-state index in [0.717, 1.165) is 78.3 Å². The van der Waals surface area contributed by atoms with Gasteiger partial charge in [-0.05, 0) is 79.8 Å². The minimum atomic E-state index is -1.89. The van der Waals surface area contributed by atoms with E-state index in [0.29, 0.717) is 0 Å². The molecule has 1 fully saturated rings. The van der Waals surface area contributed by atoms with Crippen LogP contribution in [0.15, 0.2) is 134 Å². The van der Waals surface area contributed by atoms with E-state index >= 15 is 0 Å². The van der Waals surface area contributed by atoms with Gasteiger partial charge in [0.15, 0.2) is 0 Å². The average molecular weight is 1110 g/mol. The Balaban J connectivity index is 0.00000593. The number of fused-ring (bicyclic) bond motifs is 3. The Labute approximate surface area is 427 Å². The zero-order valence-corrected chi connectivity index (χ0v) is 45.8. The standard InChI is InChI=1S/C63H68N3OSi.Pt/c1-60(2,3)45-28-29-53(48(37-45)42-24-17-13-18-25-42)66-54-27-21-26-47(57(54)65-59(66)50-38-46(61(4,5)6)39-51(58(50)67)62(7,8)9)49-34-44(52-35-43(30-31-64-52)41-22-15-12-16-23-41)36-55-56(49)63(10,11)40-68(55)32-19-14-20-33-68;/h12-13,15-18,21-31,35-39,67H,14,19-20,32-33,40H2,1-11H3;/q-1;. The summed E-state index contributed by atoms with van der Waals surface area (Å²) in [4.78, 5) is 11.0. The summed E-state index contributed by atoms with van der Waals surface area (Å²) in [5.41, 5.74) is 16.6. The molecule has 0 unspecified atom stereocenters. The normalized spacial score (nSPS) is 15.6. The molecule has 0 bridgehead atoms. The third-order valence-corrected chi connectivity index (χ3v) is 20.9. The van der Waals surface area contributed by atoms with Crippen LogP contribution in [0.2, 0.25) is 18.1 Å². The first-order chi connectivity index (χ1) is 32.2. The van der Waals surface area contributed by atoms with Crippen LogP contribution < -0.4 is 5.19 Å². The van der Waals surface area contributed by atoms with Crippen molar-refractivity contribution in [3.05, 3.63) is 162 Å². The molecule has 0 aliphatic carbocycles. The molecule has 2 aromatic heterocycles. The SMILES string of the molecule is CC(C)(C)c1ccc(-n2c(-c3cc(C(C)(C)C)cc(C(C)(C)C)c3O)nc3c(-c4[c-]c(-c5cc(-c6ccccc6)ccn5)cc5c4C(C)(C)C[Si]54CCCCC4)cccc32)c(-c2ccccc2)c1.[Pt]. The number of para-hydroxylation sites is 1.